The van der Waals surface area contributed by atoms with Crippen LogP contribution >= 0.6 is 0 Å². The van der Waals surface area contributed by atoms with Gasteiger partial charge in [-0.15, -0.1) is 0 Å². The SMILES string of the molecule is CCCC(CCN)CCCN(C)C1CCS(=O)(=O)C1. The number of rotatable bonds is 9. The molecule has 1 rings (SSSR count). The van der Waals surface area contributed by atoms with Gasteiger partial charge in [-0.25, -0.2) is 8.42 Å². The Morgan fingerprint density at radius 3 is 2.58 bits per heavy atom. The lowest BCUT2D eigenvalue weighted by Gasteiger charge is -2.24. The summed E-state index contributed by atoms with van der Waals surface area (Å²) in [6.07, 6.45) is 6.78. The van der Waals surface area contributed by atoms with Crippen LogP contribution in [0.1, 0.15) is 45.4 Å². The van der Waals surface area contributed by atoms with Gasteiger partial charge in [0.25, 0.3) is 0 Å². The topological polar surface area (TPSA) is 63.4 Å². The van der Waals surface area contributed by atoms with Gasteiger partial charge < -0.3 is 10.6 Å². The van der Waals surface area contributed by atoms with Gasteiger partial charge in [0.05, 0.1) is 11.5 Å². The predicted octanol–water partition coefficient (Wildman–Crippen LogP) is 1.65. The van der Waals surface area contributed by atoms with E-state index in [0.717, 1.165) is 38.3 Å². The Labute approximate surface area is 118 Å². The maximum Gasteiger partial charge on any atom is 0.151 e. The molecule has 0 aliphatic carbocycles. The molecule has 0 aromatic heterocycles. The minimum atomic E-state index is -2.76. The summed E-state index contributed by atoms with van der Waals surface area (Å²) >= 11 is 0. The van der Waals surface area contributed by atoms with Gasteiger partial charge in [-0.1, -0.05) is 19.8 Å². The van der Waals surface area contributed by atoms with Gasteiger partial charge in [-0.2, -0.15) is 0 Å². The quantitative estimate of drug-likeness (QED) is 0.701. The second-order valence-corrected chi connectivity index (χ2v) is 8.14. The normalized spacial score (nSPS) is 23.9. The van der Waals surface area contributed by atoms with Gasteiger partial charge in [-0.05, 0) is 51.7 Å². The minimum Gasteiger partial charge on any atom is -0.330 e. The Morgan fingerprint density at radius 2 is 2.05 bits per heavy atom. The molecule has 19 heavy (non-hydrogen) atoms. The third kappa shape index (κ3) is 6.23. The lowest BCUT2D eigenvalue weighted by Crippen LogP contribution is -2.33. The monoisotopic (exact) mass is 290 g/mol. The third-order valence-corrected chi connectivity index (χ3v) is 5.98. The molecule has 0 amide bonds. The van der Waals surface area contributed by atoms with Crippen molar-refractivity contribution in [3.8, 4) is 0 Å². The Hall–Kier alpha value is -0.130. The van der Waals surface area contributed by atoms with E-state index >= 15 is 0 Å². The maximum absolute atomic E-state index is 11.5. The van der Waals surface area contributed by atoms with Gasteiger partial charge in [0.1, 0.15) is 0 Å². The van der Waals surface area contributed by atoms with E-state index in [1.165, 1.54) is 19.3 Å². The molecule has 2 atom stereocenters. The first-order valence-corrected chi connectivity index (χ1v) is 9.41. The maximum atomic E-state index is 11.5. The van der Waals surface area contributed by atoms with Crippen LogP contribution < -0.4 is 5.73 Å². The number of nitrogens with two attached hydrogens (primary N) is 1. The second-order valence-electron chi connectivity index (χ2n) is 5.91. The molecule has 0 radical (unpaired) electrons. The summed E-state index contributed by atoms with van der Waals surface area (Å²) in [4.78, 5) is 2.23. The number of sulfone groups is 1. The first kappa shape index (κ1) is 16.9. The fraction of sp³-hybridized carbons (Fsp3) is 1.00. The molecule has 0 spiro atoms. The van der Waals surface area contributed by atoms with Crippen molar-refractivity contribution in [2.45, 2.75) is 51.5 Å². The molecule has 5 heteroatoms. The van der Waals surface area contributed by atoms with E-state index < -0.39 is 9.84 Å². The molecular formula is C14H30N2O2S. The molecule has 1 saturated heterocycles. The van der Waals surface area contributed by atoms with Crippen molar-refractivity contribution >= 4 is 9.84 Å². The van der Waals surface area contributed by atoms with Gasteiger partial charge in [0.2, 0.25) is 0 Å². The molecule has 1 heterocycles. The number of hydrogen-bond donors (Lipinski definition) is 1. The van der Waals surface area contributed by atoms with Crippen LogP contribution in [0.3, 0.4) is 0 Å². The van der Waals surface area contributed by atoms with E-state index in [4.69, 9.17) is 5.73 Å². The van der Waals surface area contributed by atoms with Crippen LogP contribution in [0.15, 0.2) is 0 Å². The highest BCUT2D eigenvalue weighted by Crippen LogP contribution is 2.20. The van der Waals surface area contributed by atoms with Crippen molar-refractivity contribution in [3.05, 3.63) is 0 Å². The molecule has 4 nitrogen and oxygen atoms in total. The average Bonchev–Trinajstić information content (AvgIpc) is 2.70. The van der Waals surface area contributed by atoms with Crippen molar-refractivity contribution < 1.29 is 8.42 Å². The van der Waals surface area contributed by atoms with E-state index in [1.807, 2.05) is 0 Å². The number of hydrogen-bond acceptors (Lipinski definition) is 4. The summed E-state index contributed by atoms with van der Waals surface area (Å²) in [7, 11) is -0.698. The molecule has 114 valence electrons. The molecule has 2 N–H and O–H groups in total. The zero-order chi connectivity index (χ0) is 14.3. The minimum absolute atomic E-state index is 0.240. The van der Waals surface area contributed by atoms with Crippen LogP contribution in [0, 0.1) is 5.92 Å². The summed E-state index contributed by atoms with van der Waals surface area (Å²) in [6, 6.07) is 0.240. The fourth-order valence-electron chi connectivity index (χ4n) is 3.01. The third-order valence-electron chi connectivity index (χ3n) is 4.23. The second kappa shape index (κ2) is 8.22. The molecule has 1 aliphatic heterocycles. The Bertz CT molecular complexity index is 337. The van der Waals surface area contributed by atoms with Crippen LogP contribution in [-0.2, 0) is 9.84 Å². The molecule has 1 fully saturated rings. The van der Waals surface area contributed by atoms with Crippen LogP contribution in [0.25, 0.3) is 0 Å². The Kier molecular flexibility index (Phi) is 7.32. The smallest absolute Gasteiger partial charge is 0.151 e. The highest BCUT2D eigenvalue weighted by molar-refractivity contribution is 7.91. The van der Waals surface area contributed by atoms with Gasteiger partial charge >= 0.3 is 0 Å². The van der Waals surface area contributed by atoms with E-state index in [2.05, 4.69) is 18.9 Å². The van der Waals surface area contributed by atoms with Crippen LogP contribution in [0.4, 0.5) is 0 Å². The first-order chi connectivity index (χ1) is 8.98. The molecule has 0 bridgehead atoms. The molecule has 1 aliphatic rings. The Morgan fingerprint density at radius 1 is 1.32 bits per heavy atom. The predicted molar refractivity (Wildman–Crippen MR) is 81.0 cm³/mol. The van der Waals surface area contributed by atoms with Gasteiger partial charge in [0.15, 0.2) is 9.84 Å². The standard InChI is InChI=1S/C14H30N2O2S/c1-3-5-13(7-9-15)6-4-10-16(2)14-8-11-19(17,18)12-14/h13-14H,3-12,15H2,1-2H3. The van der Waals surface area contributed by atoms with Crippen LogP contribution in [0.2, 0.25) is 0 Å². The van der Waals surface area contributed by atoms with Gasteiger partial charge in [0, 0.05) is 6.04 Å². The zero-order valence-electron chi connectivity index (χ0n) is 12.5. The van der Waals surface area contributed by atoms with E-state index in [1.54, 1.807) is 0 Å². The molecule has 0 aromatic carbocycles. The Balaban J connectivity index is 2.24. The largest absolute Gasteiger partial charge is 0.330 e. The summed E-state index contributed by atoms with van der Waals surface area (Å²) in [5, 5.41) is 0. The first-order valence-electron chi connectivity index (χ1n) is 7.59. The zero-order valence-corrected chi connectivity index (χ0v) is 13.3. The van der Waals surface area contributed by atoms with Crippen LogP contribution in [0.5, 0.6) is 0 Å². The van der Waals surface area contributed by atoms with E-state index in [0.29, 0.717) is 11.5 Å². The van der Waals surface area contributed by atoms with Crippen molar-refractivity contribution in [3.63, 3.8) is 0 Å². The van der Waals surface area contributed by atoms with E-state index in [-0.39, 0.29) is 6.04 Å². The molecule has 0 saturated carbocycles. The summed E-state index contributed by atoms with van der Waals surface area (Å²) < 4.78 is 22.9. The highest BCUT2D eigenvalue weighted by atomic mass is 32.2. The van der Waals surface area contributed by atoms with Crippen molar-refractivity contribution in [2.24, 2.45) is 11.7 Å². The summed E-state index contributed by atoms with van der Waals surface area (Å²) in [5.41, 5.74) is 5.64. The molecular weight excluding hydrogens is 260 g/mol. The highest BCUT2D eigenvalue weighted by Gasteiger charge is 2.30. The lowest BCUT2D eigenvalue weighted by molar-refractivity contribution is 0.247. The van der Waals surface area contributed by atoms with Crippen LogP contribution in [-0.4, -0.2) is 51.0 Å². The average molecular weight is 290 g/mol. The number of nitrogens with zero attached hydrogens (tertiary/aromatic N) is 1. The van der Waals surface area contributed by atoms with Crippen molar-refractivity contribution in [2.75, 3.05) is 31.6 Å². The summed E-state index contributed by atoms with van der Waals surface area (Å²) in [6.45, 7) is 4.01. The molecule has 0 aromatic rings. The fourth-order valence-corrected chi connectivity index (χ4v) is 4.82. The van der Waals surface area contributed by atoms with Gasteiger partial charge in [-0.3, -0.25) is 0 Å². The lowest BCUT2D eigenvalue weighted by atomic mass is 9.94. The van der Waals surface area contributed by atoms with E-state index in [9.17, 15) is 8.42 Å². The summed E-state index contributed by atoms with van der Waals surface area (Å²) in [5.74, 6) is 1.47. The van der Waals surface area contributed by atoms with Crippen molar-refractivity contribution in [1.29, 1.82) is 0 Å². The van der Waals surface area contributed by atoms with Crippen molar-refractivity contribution in [1.82, 2.24) is 4.90 Å². The molecule has 2 unspecified atom stereocenters.